The first-order chi connectivity index (χ1) is 40.3. The fraction of sp³-hybridized carbons (Fsp3) is 0.0526. The Morgan fingerprint density at radius 2 is 0.952 bits per heavy atom. The molecule has 83 heavy (non-hydrogen) atoms. The number of anilines is 4. The summed E-state index contributed by atoms with van der Waals surface area (Å²) in [4.78, 5) is 9.46. The van der Waals surface area contributed by atoms with E-state index in [4.69, 9.17) is 14.5 Å². The van der Waals surface area contributed by atoms with Crippen LogP contribution < -0.4 is 19.3 Å². The average Bonchev–Trinajstić information content (AvgIpc) is 4.32. The number of aromatic nitrogens is 2. The molecule has 0 N–H and O–H groups in total. The second-order valence-corrected chi connectivity index (χ2v) is 22.1. The number of benzene rings is 11. The van der Waals surface area contributed by atoms with Crippen LogP contribution in [0.3, 0.4) is 0 Å². The van der Waals surface area contributed by atoms with Gasteiger partial charge in [-0.15, -0.1) is 42.4 Å². The Kier molecular flexibility index (Phi) is 13.0. The summed E-state index contributed by atoms with van der Waals surface area (Å²) in [5.41, 5.74) is 20.1. The molecule has 0 saturated carbocycles. The van der Waals surface area contributed by atoms with Crippen LogP contribution in [0.25, 0.3) is 94.4 Å². The molecule has 15 rings (SSSR count). The Balaban J connectivity index is 0.00000614. The molecule has 0 amide bonds. The number of hydrogen-bond acceptors (Lipinski definition) is 5. The molecule has 13 aromatic rings. The van der Waals surface area contributed by atoms with Gasteiger partial charge in [0.05, 0.1) is 5.69 Å². The minimum atomic E-state index is -0.0562. The summed E-state index contributed by atoms with van der Waals surface area (Å²) < 4.78 is 15.9. The van der Waals surface area contributed by atoms with E-state index in [1.807, 2.05) is 30.5 Å². The summed E-state index contributed by atoms with van der Waals surface area (Å²) in [5.74, 6) is 3.33. The maximum Gasteiger partial charge on any atom is 0.135 e. The molecular formula is C76H53N4O2Pt-3. The van der Waals surface area contributed by atoms with Gasteiger partial charge in [0.1, 0.15) is 11.6 Å². The molecule has 0 aliphatic carbocycles. The molecule has 0 radical (unpaired) electrons. The molecule has 0 atom stereocenters. The zero-order chi connectivity index (χ0) is 54.9. The van der Waals surface area contributed by atoms with Gasteiger partial charge in [0.15, 0.2) is 0 Å². The number of nitrogens with zero attached hydrogens (tertiary/aromatic N) is 4. The Morgan fingerprint density at radius 1 is 0.434 bits per heavy atom. The molecule has 0 unspecified atom stereocenters. The molecule has 0 bridgehead atoms. The van der Waals surface area contributed by atoms with Crippen molar-refractivity contribution in [1.29, 1.82) is 0 Å². The van der Waals surface area contributed by atoms with Crippen LogP contribution >= 0.6 is 0 Å². The number of ether oxygens (including phenoxy) is 2. The quantitative estimate of drug-likeness (QED) is 0.128. The molecule has 2 aliphatic rings. The van der Waals surface area contributed by atoms with Crippen LogP contribution in [0.4, 0.5) is 22.7 Å². The fourth-order valence-electron chi connectivity index (χ4n) is 11.8. The van der Waals surface area contributed by atoms with Crippen molar-refractivity contribution >= 4 is 44.6 Å². The number of para-hydroxylation sites is 3. The maximum atomic E-state index is 6.84. The van der Waals surface area contributed by atoms with Crippen LogP contribution in [0.15, 0.2) is 261 Å². The van der Waals surface area contributed by atoms with Gasteiger partial charge in [-0.05, 0) is 139 Å². The van der Waals surface area contributed by atoms with Crippen LogP contribution in [0.5, 0.6) is 23.0 Å². The van der Waals surface area contributed by atoms with Crippen LogP contribution in [-0.4, -0.2) is 9.55 Å². The average molecular weight is 1250 g/mol. The fourth-order valence-corrected chi connectivity index (χ4v) is 11.8. The third-order valence-electron chi connectivity index (χ3n) is 15.8. The molecule has 402 valence electrons. The Labute approximate surface area is 498 Å². The summed E-state index contributed by atoms with van der Waals surface area (Å²) in [6.07, 6.45) is 1.90. The third-order valence-corrected chi connectivity index (χ3v) is 15.8. The summed E-state index contributed by atoms with van der Waals surface area (Å²) in [6, 6.07) is 97.8. The van der Waals surface area contributed by atoms with Gasteiger partial charge in [-0.3, -0.25) is 0 Å². The van der Waals surface area contributed by atoms with E-state index in [0.29, 0.717) is 17.2 Å². The van der Waals surface area contributed by atoms with E-state index in [-0.39, 0.29) is 26.5 Å². The van der Waals surface area contributed by atoms with E-state index in [0.717, 1.165) is 123 Å². The summed E-state index contributed by atoms with van der Waals surface area (Å²) in [6.45, 7) is 8.88. The van der Waals surface area contributed by atoms with Crippen molar-refractivity contribution in [2.24, 2.45) is 0 Å². The van der Waals surface area contributed by atoms with Gasteiger partial charge in [-0.25, -0.2) is 4.98 Å². The first-order valence-electron chi connectivity index (χ1n) is 27.8. The predicted octanol–water partition coefficient (Wildman–Crippen LogP) is 20.4. The van der Waals surface area contributed by atoms with E-state index in [2.05, 4.69) is 284 Å². The van der Waals surface area contributed by atoms with Crippen molar-refractivity contribution in [1.82, 2.24) is 9.55 Å². The molecule has 2 aromatic heterocycles. The van der Waals surface area contributed by atoms with Crippen LogP contribution in [0, 0.1) is 18.8 Å². The molecule has 0 spiro atoms. The minimum absolute atomic E-state index is 0. The molecule has 0 saturated heterocycles. The normalized spacial score (nSPS) is 12.4. The van der Waals surface area contributed by atoms with Crippen molar-refractivity contribution in [3.05, 3.63) is 285 Å². The van der Waals surface area contributed by atoms with Gasteiger partial charge in [0.2, 0.25) is 0 Å². The summed E-state index contributed by atoms with van der Waals surface area (Å²) in [7, 11) is 0. The van der Waals surface area contributed by atoms with Crippen LogP contribution in [-0.2, 0) is 26.5 Å². The zero-order valence-electron chi connectivity index (χ0n) is 45.8. The number of hydrogen-bond donors (Lipinski definition) is 0. The predicted molar refractivity (Wildman–Crippen MR) is 336 cm³/mol. The molecule has 2 aliphatic heterocycles. The van der Waals surface area contributed by atoms with E-state index in [1.165, 1.54) is 5.56 Å². The van der Waals surface area contributed by atoms with Crippen molar-refractivity contribution in [2.45, 2.75) is 26.2 Å². The van der Waals surface area contributed by atoms with Gasteiger partial charge in [-0.1, -0.05) is 196 Å². The van der Waals surface area contributed by atoms with E-state index < -0.39 is 0 Å². The number of pyridine rings is 1. The van der Waals surface area contributed by atoms with E-state index in [9.17, 15) is 0 Å². The SMILES string of the molecule is CC(C)(C)c1ccnc(-n2c3[c-]c(Oc4[c-]c5c(cc4)Oc4cccc6c4N5[CH-]N6c4c(-c5cc(-c6ccccc6)cc(-c6ccccc6)c5)cccc4-c4cc(-c5ccccc5)cc(-c5ccccc5)c4)ccc3c3ccccc32)c1.[Pt]. The Morgan fingerprint density at radius 3 is 1.53 bits per heavy atom. The number of rotatable bonds is 10. The smallest absolute Gasteiger partial charge is 0.135 e. The summed E-state index contributed by atoms with van der Waals surface area (Å²) >= 11 is 0. The van der Waals surface area contributed by atoms with Crippen molar-refractivity contribution < 1.29 is 30.5 Å². The number of fused-ring (bicyclic) bond motifs is 5. The van der Waals surface area contributed by atoms with E-state index in [1.54, 1.807) is 0 Å². The summed E-state index contributed by atoms with van der Waals surface area (Å²) in [5, 5.41) is 2.19. The van der Waals surface area contributed by atoms with Crippen molar-refractivity contribution in [3.63, 3.8) is 0 Å². The molecule has 6 nitrogen and oxygen atoms in total. The van der Waals surface area contributed by atoms with Crippen LogP contribution in [0.1, 0.15) is 26.3 Å². The van der Waals surface area contributed by atoms with Gasteiger partial charge in [0.25, 0.3) is 0 Å². The molecule has 0 fully saturated rings. The second kappa shape index (κ2) is 21.0. The van der Waals surface area contributed by atoms with Gasteiger partial charge in [0, 0.05) is 72.5 Å². The zero-order valence-corrected chi connectivity index (χ0v) is 48.1. The molecule has 4 heterocycles. The van der Waals surface area contributed by atoms with Gasteiger partial charge in [-0.2, -0.15) is 6.07 Å². The third kappa shape index (κ3) is 9.36. The Hall–Kier alpha value is -9.74. The maximum absolute atomic E-state index is 6.84. The first kappa shape index (κ1) is 51.4. The van der Waals surface area contributed by atoms with Crippen LogP contribution in [0.2, 0.25) is 0 Å². The molecule has 11 aromatic carbocycles. The standard InChI is InChI=1S/C76H53N4O2.Pt/c1-76(2,3)60-38-39-77-73(46-60)80-67-31-17-16-28-65(67)66-36-34-61(47-69(66)80)81-62-35-37-71-70(48-62)79-49-78(68-32-19-33-72(82-71)75(68)79)74-63(58-42-54(50-20-8-4-9-21-50)40-55(43-58)51-22-10-5-11-23-51)29-18-30-64(74)59-44-56(52-24-12-6-13-25-52)41-57(45-59)53-26-14-7-15-27-53;/h4-46,49H,1-3H3;/q-3;. The first-order valence-corrected chi connectivity index (χ1v) is 27.8. The second-order valence-electron chi connectivity index (χ2n) is 22.1. The monoisotopic (exact) mass is 1250 g/mol. The molecular weight excluding hydrogens is 1200 g/mol. The van der Waals surface area contributed by atoms with E-state index >= 15 is 0 Å². The van der Waals surface area contributed by atoms with Crippen molar-refractivity contribution in [2.75, 3.05) is 9.80 Å². The van der Waals surface area contributed by atoms with Gasteiger partial charge >= 0.3 is 0 Å². The molecule has 7 heteroatoms. The van der Waals surface area contributed by atoms with Gasteiger partial charge < -0.3 is 23.8 Å². The van der Waals surface area contributed by atoms with Crippen molar-refractivity contribution in [3.8, 4) is 95.6 Å². The largest absolute Gasteiger partial charge is 0.513 e. The minimum Gasteiger partial charge on any atom is -0.513 e. The Bertz CT molecular complexity index is 4330. The topological polar surface area (TPSA) is 42.8 Å².